The fourth-order valence-electron chi connectivity index (χ4n) is 2.63. The molecule has 1 atom stereocenters. The first-order valence-electron chi connectivity index (χ1n) is 8.18. The number of nitrogens with two attached hydrogens (primary N) is 1. The number of amides is 1. The van der Waals surface area contributed by atoms with Gasteiger partial charge in [-0.25, -0.2) is 0 Å². The van der Waals surface area contributed by atoms with Crippen molar-refractivity contribution in [2.45, 2.75) is 30.5 Å². The second kappa shape index (κ2) is 9.53. The summed E-state index contributed by atoms with van der Waals surface area (Å²) in [6.07, 6.45) is 0. The van der Waals surface area contributed by atoms with Crippen molar-refractivity contribution in [2.75, 3.05) is 11.9 Å². The summed E-state index contributed by atoms with van der Waals surface area (Å²) >= 11 is 0.489. The number of halogens is 2. The quantitative estimate of drug-likeness (QED) is 0.697. The Labute approximate surface area is 151 Å². The third kappa shape index (κ3) is 6.48. The first-order chi connectivity index (χ1) is 12.0. The second-order valence-electron chi connectivity index (χ2n) is 6.07. The molecular formula is C19H23F2N2OS+. The van der Waals surface area contributed by atoms with E-state index in [9.17, 15) is 13.6 Å². The lowest BCUT2D eigenvalue weighted by Crippen LogP contribution is -2.88. The van der Waals surface area contributed by atoms with Gasteiger partial charge in [-0.3, -0.25) is 4.79 Å². The standard InChI is InChI=1S/C19H22F2N2OS/c1-13(2)18(14-6-4-3-5-7-14)22-12-17(24)23-15-8-10-16(11-9-15)25-19(20)21/h3-11,13,18-19,22H,12H2,1-2H3,(H,23,24)/p+1/t18-/m0/s1. The van der Waals surface area contributed by atoms with Gasteiger partial charge in [0.1, 0.15) is 6.04 Å². The molecule has 0 bridgehead atoms. The van der Waals surface area contributed by atoms with E-state index in [4.69, 9.17) is 0 Å². The van der Waals surface area contributed by atoms with Gasteiger partial charge in [0.25, 0.3) is 11.7 Å². The van der Waals surface area contributed by atoms with E-state index in [2.05, 4.69) is 31.3 Å². The van der Waals surface area contributed by atoms with E-state index in [0.717, 1.165) is 0 Å². The molecule has 1 amide bonds. The first-order valence-corrected chi connectivity index (χ1v) is 9.06. The van der Waals surface area contributed by atoms with Crippen molar-refractivity contribution in [3.05, 3.63) is 60.2 Å². The zero-order chi connectivity index (χ0) is 18.2. The Bertz CT molecular complexity index is 663. The fraction of sp³-hybridized carbons (Fsp3) is 0.316. The number of quaternary nitrogens is 1. The normalized spacial score (nSPS) is 12.4. The summed E-state index contributed by atoms with van der Waals surface area (Å²) in [6, 6.07) is 16.8. The Morgan fingerprint density at radius 1 is 1.08 bits per heavy atom. The molecule has 0 unspecified atom stereocenters. The van der Waals surface area contributed by atoms with Gasteiger partial charge in [-0.2, -0.15) is 8.78 Å². The fourth-order valence-corrected chi connectivity index (χ4v) is 3.13. The highest BCUT2D eigenvalue weighted by Gasteiger charge is 2.20. The molecular weight excluding hydrogens is 342 g/mol. The van der Waals surface area contributed by atoms with E-state index in [-0.39, 0.29) is 11.9 Å². The van der Waals surface area contributed by atoms with Crippen molar-refractivity contribution in [3.63, 3.8) is 0 Å². The van der Waals surface area contributed by atoms with Crippen LogP contribution in [0.2, 0.25) is 0 Å². The molecule has 0 aliphatic carbocycles. The van der Waals surface area contributed by atoms with E-state index >= 15 is 0 Å². The highest BCUT2D eigenvalue weighted by Crippen LogP contribution is 2.26. The maximum Gasteiger partial charge on any atom is 0.288 e. The van der Waals surface area contributed by atoms with Gasteiger partial charge in [-0.1, -0.05) is 55.9 Å². The van der Waals surface area contributed by atoms with Crippen LogP contribution in [0.15, 0.2) is 59.5 Å². The summed E-state index contributed by atoms with van der Waals surface area (Å²) in [5, 5.41) is 4.83. The summed E-state index contributed by atoms with van der Waals surface area (Å²) in [4.78, 5) is 12.6. The van der Waals surface area contributed by atoms with Gasteiger partial charge in [-0.05, 0) is 24.3 Å². The number of rotatable bonds is 8. The summed E-state index contributed by atoms with van der Waals surface area (Å²) in [6.45, 7) is 4.56. The Balaban J connectivity index is 1.89. The Hall–Kier alpha value is -1.92. The van der Waals surface area contributed by atoms with Crippen LogP contribution in [-0.2, 0) is 4.79 Å². The summed E-state index contributed by atoms with van der Waals surface area (Å²) < 4.78 is 24.6. The molecule has 0 aliphatic heterocycles. The van der Waals surface area contributed by atoms with E-state index in [1.165, 1.54) is 5.56 Å². The third-order valence-corrected chi connectivity index (χ3v) is 4.55. The monoisotopic (exact) mass is 365 g/mol. The van der Waals surface area contributed by atoms with E-state index in [0.29, 0.717) is 34.8 Å². The lowest BCUT2D eigenvalue weighted by molar-refractivity contribution is -0.692. The SMILES string of the molecule is CC(C)[C@H]([NH2+]CC(=O)Nc1ccc(SC(F)F)cc1)c1ccccc1. The van der Waals surface area contributed by atoms with Crippen LogP contribution >= 0.6 is 11.8 Å². The van der Waals surface area contributed by atoms with Gasteiger partial charge in [0.15, 0.2) is 6.54 Å². The number of carbonyl (C=O) groups is 1. The number of alkyl halides is 2. The molecule has 0 saturated heterocycles. The van der Waals surface area contributed by atoms with Gasteiger partial charge < -0.3 is 10.6 Å². The van der Waals surface area contributed by atoms with E-state index in [1.807, 2.05) is 23.5 Å². The van der Waals surface area contributed by atoms with Gasteiger partial charge in [0, 0.05) is 22.1 Å². The summed E-state index contributed by atoms with van der Waals surface area (Å²) in [5.41, 5.74) is 1.80. The third-order valence-electron chi connectivity index (χ3n) is 3.82. The first kappa shape index (κ1) is 19.4. The predicted octanol–water partition coefficient (Wildman–Crippen LogP) is 3.90. The lowest BCUT2D eigenvalue weighted by Gasteiger charge is -2.19. The van der Waals surface area contributed by atoms with Crippen LogP contribution in [0.4, 0.5) is 14.5 Å². The molecule has 0 heterocycles. The van der Waals surface area contributed by atoms with Crippen molar-refractivity contribution < 1.29 is 18.9 Å². The Kier molecular flexibility index (Phi) is 7.40. The highest BCUT2D eigenvalue weighted by atomic mass is 32.2. The van der Waals surface area contributed by atoms with Crippen LogP contribution in [0.25, 0.3) is 0 Å². The number of hydrogen-bond acceptors (Lipinski definition) is 2. The van der Waals surface area contributed by atoms with Crippen molar-refractivity contribution in [2.24, 2.45) is 5.92 Å². The lowest BCUT2D eigenvalue weighted by atomic mass is 9.96. The number of carbonyl (C=O) groups excluding carboxylic acids is 1. The molecule has 0 radical (unpaired) electrons. The molecule has 3 N–H and O–H groups in total. The molecule has 0 saturated carbocycles. The van der Waals surface area contributed by atoms with Crippen molar-refractivity contribution >= 4 is 23.4 Å². The molecule has 2 aromatic rings. The van der Waals surface area contributed by atoms with Crippen LogP contribution in [-0.4, -0.2) is 18.2 Å². The van der Waals surface area contributed by atoms with Crippen LogP contribution < -0.4 is 10.6 Å². The second-order valence-corrected chi connectivity index (χ2v) is 7.13. The zero-order valence-electron chi connectivity index (χ0n) is 14.3. The van der Waals surface area contributed by atoms with Crippen molar-refractivity contribution in [1.82, 2.24) is 0 Å². The number of anilines is 1. The van der Waals surface area contributed by atoms with Crippen LogP contribution in [0.1, 0.15) is 25.5 Å². The molecule has 6 heteroatoms. The van der Waals surface area contributed by atoms with Gasteiger partial charge in [0.2, 0.25) is 0 Å². The van der Waals surface area contributed by atoms with Crippen molar-refractivity contribution in [1.29, 1.82) is 0 Å². The van der Waals surface area contributed by atoms with Crippen LogP contribution in [0.3, 0.4) is 0 Å². The van der Waals surface area contributed by atoms with Crippen LogP contribution in [0, 0.1) is 5.92 Å². The molecule has 25 heavy (non-hydrogen) atoms. The average molecular weight is 365 g/mol. The number of benzene rings is 2. The Morgan fingerprint density at radius 3 is 2.28 bits per heavy atom. The molecule has 0 fully saturated rings. The molecule has 0 aromatic heterocycles. The number of hydrogen-bond donors (Lipinski definition) is 2. The minimum Gasteiger partial charge on any atom is -0.332 e. The molecule has 3 nitrogen and oxygen atoms in total. The number of nitrogens with one attached hydrogen (secondary N) is 1. The summed E-state index contributed by atoms with van der Waals surface area (Å²) in [5.74, 6) is -2.17. The molecule has 134 valence electrons. The Morgan fingerprint density at radius 2 is 1.72 bits per heavy atom. The zero-order valence-corrected chi connectivity index (χ0v) is 15.1. The molecule has 0 aliphatic rings. The van der Waals surface area contributed by atoms with Crippen molar-refractivity contribution in [3.8, 4) is 0 Å². The number of thioether (sulfide) groups is 1. The summed E-state index contributed by atoms with van der Waals surface area (Å²) in [7, 11) is 0. The van der Waals surface area contributed by atoms with Gasteiger partial charge in [0.05, 0.1) is 0 Å². The molecule has 2 aromatic carbocycles. The molecule has 2 rings (SSSR count). The molecule has 0 spiro atoms. The maximum atomic E-state index is 12.3. The highest BCUT2D eigenvalue weighted by molar-refractivity contribution is 7.99. The van der Waals surface area contributed by atoms with Gasteiger partial charge in [-0.15, -0.1) is 0 Å². The average Bonchev–Trinajstić information content (AvgIpc) is 2.57. The minimum absolute atomic E-state index is 0.115. The largest absolute Gasteiger partial charge is 0.332 e. The maximum absolute atomic E-state index is 12.3. The van der Waals surface area contributed by atoms with Gasteiger partial charge >= 0.3 is 0 Å². The minimum atomic E-state index is -2.44. The van der Waals surface area contributed by atoms with E-state index < -0.39 is 5.76 Å². The predicted molar refractivity (Wildman–Crippen MR) is 97.7 cm³/mol. The van der Waals surface area contributed by atoms with Crippen LogP contribution in [0.5, 0.6) is 0 Å². The topological polar surface area (TPSA) is 45.7 Å². The smallest absolute Gasteiger partial charge is 0.288 e. The van der Waals surface area contributed by atoms with E-state index in [1.54, 1.807) is 24.3 Å².